The third kappa shape index (κ3) is 4.19. The van der Waals surface area contributed by atoms with Gasteiger partial charge in [0.15, 0.2) is 11.9 Å². The second kappa shape index (κ2) is 9.39. The van der Waals surface area contributed by atoms with E-state index in [0.29, 0.717) is 23.9 Å². The van der Waals surface area contributed by atoms with E-state index in [1.54, 1.807) is 18.3 Å². The van der Waals surface area contributed by atoms with Crippen molar-refractivity contribution in [3.63, 3.8) is 0 Å². The molecule has 2 aromatic carbocycles. The molecule has 1 aromatic heterocycles. The van der Waals surface area contributed by atoms with E-state index in [1.165, 1.54) is 0 Å². The topological polar surface area (TPSA) is 90.4 Å². The lowest BCUT2D eigenvalue weighted by Gasteiger charge is -2.49. The molecule has 1 N–H and O–H groups in total. The number of para-hydroxylation sites is 2. The smallest absolute Gasteiger partial charge is 0.422 e. The summed E-state index contributed by atoms with van der Waals surface area (Å²) in [5.41, 5.74) is 1.61. The zero-order chi connectivity index (χ0) is 23.1. The first kappa shape index (κ1) is 23.4. The van der Waals surface area contributed by atoms with E-state index in [4.69, 9.17) is 9.47 Å². The fraction of sp³-hybridized carbons (Fsp3) is 0.308. The van der Waals surface area contributed by atoms with Gasteiger partial charge >= 0.3 is 12.0 Å². The fourth-order valence-corrected chi connectivity index (χ4v) is 5.53. The number of benzene rings is 2. The summed E-state index contributed by atoms with van der Waals surface area (Å²) in [5, 5.41) is 10.7. The first-order valence-electron chi connectivity index (χ1n) is 11.6. The van der Waals surface area contributed by atoms with E-state index >= 15 is 0 Å². The SMILES string of the molecule is O=C(OC1C[N+]2(C(=O)Nc3cccnn3)CCC1CC2)C1c2ccccc2Oc2ccccc21.[Br-]. The maximum atomic E-state index is 13.6. The van der Waals surface area contributed by atoms with Crippen molar-refractivity contribution in [2.24, 2.45) is 5.92 Å². The summed E-state index contributed by atoms with van der Waals surface area (Å²) in [7, 11) is 0. The standard InChI is InChI=1S/C26H24N4O4.BrH/c31-25(24-18-6-1-3-8-20(18)33-21-9-4-2-7-19(21)24)34-22-16-30(14-11-17(22)12-15-30)26(32)28-23-10-5-13-27-29-23;/h1-10,13,17,22,24H,11-12,14-16H2;1H. The van der Waals surface area contributed by atoms with Gasteiger partial charge in [-0.1, -0.05) is 36.4 Å². The summed E-state index contributed by atoms with van der Waals surface area (Å²) >= 11 is 0. The largest absolute Gasteiger partial charge is 1.00 e. The molecule has 180 valence electrons. The Balaban J connectivity index is 0.00000253. The molecule has 9 heteroatoms. The van der Waals surface area contributed by atoms with E-state index in [1.807, 2.05) is 48.5 Å². The summed E-state index contributed by atoms with van der Waals surface area (Å²) in [5.74, 6) is 1.18. The molecular formula is C26H25BrN4O4. The van der Waals surface area contributed by atoms with E-state index in [9.17, 15) is 9.59 Å². The van der Waals surface area contributed by atoms with E-state index < -0.39 is 5.92 Å². The number of hydrogen-bond acceptors (Lipinski definition) is 6. The Morgan fingerprint density at radius 3 is 2.23 bits per heavy atom. The molecule has 0 spiro atoms. The number of amides is 2. The van der Waals surface area contributed by atoms with Crippen molar-refractivity contribution in [2.75, 3.05) is 25.0 Å². The minimum atomic E-state index is -0.557. The van der Waals surface area contributed by atoms with Gasteiger partial charge in [-0.2, -0.15) is 5.10 Å². The van der Waals surface area contributed by atoms with Gasteiger partial charge < -0.3 is 26.5 Å². The predicted octanol–water partition coefficient (Wildman–Crippen LogP) is 1.10. The summed E-state index contributed by atoms with van der Waals surface area (Å²) in [6.45, 7) is 1.93. The van der Waals surface area contributed by atoms with Crippen LogP contribution in [0.2, 0.25) is 0 Å². The van der Waals surface area contributed by atoms with Crippen LogP contribution in [0, 0.1) is 5.92 Å². The number of nitrogens with zero attached hydrogens (tertiary/aromatic N) is 3. The number of rotatable bonds is 3. The number of esters is 1. The molecule has 7 rings (SSSR count). The molecule has 4 aliphatic heterocycles. The second-order valence-electron chi connectivity index (χ2n) is 9.24. The van der Waals surface area contributed by atoms with Crippen LogP contribution in [0.4, 0.5) is 10.6 Å². The van der Waals surface area contributed by atoms with Gasteiger partial charge in [0.2, 0.25) is 0 Å². The zero-order valence-corrected chi connectivity index (χ0v) is 20.6. The predicted molar refractivity (Wildman–Crippen MR) is 123 cm³/mol. The van der Waals surface area contributed by atoms with E-state index in [-0.39, 0.29) is 45.5 Å². The van der Waals surface area contributed by atoms with Gasteiger partial charge in [0.1, 0.15) is 24.0 Å². The van der Waals surface area contributed by atoms with Crippen LogP contribution in [0.15, 0.2) is 66.9 Å². The highest BCUT2D eigenvalue weighted by Crippen LogP contribution is 2.45. The highest BCUT2D eigenvalue weighted by molar-refractivity contribution is 5.86. The maximum Gasteiger partial charge on any atom is 0.422 e. The van der Waals surface area contributed by atoms with Crippen LogP contribution in [-0.2, 0) is 9.53 Å². The molecule has 3 aromatic rings. The van der Waals surface area contributed by atoms with Gasteiger partial charge in [0.25, 0.3) is 0 Å². The summed E-state index contributed by atoms with van der Waals surface area (Å²) in [4.78, 5) is 26.9. The number of anilines is 1. The molecule has 0 radical (unpaired) electrons. The van der Waals surface area contributed by atoms with Crippen LogP contribution in [0.3, 0.4) is 0 Å². The first-order chi connectivity index (χ1) is 16.6. The van der Waals surface area contributed by atoms with Crippen LogP contribution in [0.5, 0.6) is 11.5 Å². The maximum absolute atomic E-state index is 13.6. The normalized spacial score (nSPS) is 24.2. The third-order valence-electron chi connectivity index (χ3n) is 7.33. The molecule has 1 atom stereocenters. The number of nitrogens with one attached hydrogen (secondary N) is 1. The lowest BCUT2D eigenvalue weighted by Crippen LogP contribution is -3.00. The van der Waals surface area contributed by atoms with Crippen LogP contribution in [0.25, 0.3) is 0 Å². The molecule has 1 unspecified atom stereocenters. The molecule has 3 fully saturated rings. The molecule has 4 aliphatic rings. The Kier molecular flexibility index (Phi) is 6.29. The van der Waals surface area contributed by atoms with Crippen molar-refractivity contribution in [1.82, 2.24) is 10.2 Å². The summed E-state index contributed by atoms with van der Waals surface area (Å²) in [6, 6.07) is 18.5. The number of ether oxygens (including phenoxy) is 2. The Morgan fingerprint density at radius 2 is 1.60 bits per heavy atom. The third-order valence-corrected chi connectivity index (χ3v) is 7.33. The molecule has 3 saturated heterocycles. The monoisotopic (exact) mass is 536 g/mol. The molecule has 0 saturated carbocycles. The van der Waals surface area contributed by atoms with Crippen LogP contribution in [0.1, 0.15) is 29.9 Å². The quantitative estimate of drug-likeness (QED) is 0.398. The molecule has 2 amide bonds. The number of carbonyl (C=O) groups is 2. The van der Waals surface area contributed by atoms with E-state index in [0.717, 1.165) is 37.1 Å². The van der Waals surface area contributed by atoms with Crippen LogP contribution >= 0.6 is 0 Å². The van der Waals surface area contributed by atoms with Gasteiger partial charge in [-0.05, 0) is 24.3 Å². The fourth-order valence-electron chi connectivity index (χ4n) is 5.53. The van der Waals surface area contributed by atoms with Crippen molar-refractivity contribution in [3.8, 4) is 11.5 Å². The number of aromatic nitrogens is 2. The lowest BCUT2D eigenvalue weighted by molar-refractivity contribution is -0.869. The number of urea groups is 1. The minimum absolute atomic E-state index is 0. The number of halogens is 1. The van der Waals surface area contributed by atoms with Crippen molar-refractivity contribution in [1.29, 1.82) is 0 Å². The van der Waals surface area contributed by atoms with Gasteiger partial charge in [-0.15, -0.1) is 5.10 Å². The Bertz CT molecular complexity index is 1200. The van der Waals surface area contributed by atoms with Crippen LogP contribution < -0.4 is 27.0 Å². The average Bonchev–Trinajstić information content (AvgIpc) is 2.88. The van der Waals surface area contributed by atoms with Crippen molar-refractivity contribution in [3.05, 3.63) is 78.0 Å². The van der Waals surface area contributed by atoms with Crippen molar-refractivity contribution < 1.29 is 40.5 Å². The zero-order valence-electron chi connectivity index (χ0n) is 19.0. The number of piperidine rings is 3. The number of hydrogen-bond donors (Lipinski definition) is 1. The van der Waals surface area contributed by atoms with Gasteiger partial charge in [-0.25, -0.2) is 9.28 Å². The van der Waals surface area contributed by atoms with Crippen LogP contribution in [-0.4, -0.2) is 52.4 Å². The highest BCUT2D eigenvalue weighted by atomic mass is 79.9. The summed E-state index contributed by atoms with van der Waals surface area (Å²) < 4.78 is 12.5. The molecular weight excluding hydrogens is 512 g/mol. The Hall–Kier alpha value is -3.30. The molecule has 8 nitrogen and oxygen atoms in total. The number of carbonyl (C=O) groups excluding carboxylic acids is 2. The van der Waals surface area contributed by atoms with Crippen molar-refractivity contribution in [2.45, 2.75) is 24.9 Å². The second-order valence-corrected chi connectivity index (χ2v) is 9.24. The Morgan fingerprint density at radius 1 is 0.943 bits per heavy atom. The van der Waals surface area contributed by atoms with Gasteiger partial charge in [0.05, 0.1) is 13.1 Å². The summed E-state index contributed by atoms with van der Waals surface area (Å²) in [6.07, 6.45) is 2.93. The minimum Gasteiger partial charge on any atom is -1.00 e. The van der Waals surface area contributed by atoms with E-state index in [2.05, 4.69) is 15.5 Å². The van der Waals surface area contributed by atoms with Crippen molar-refractivity contribution >= 4 is 17.8 Å². The first-order valence-corrected chi connectivity index (χ1v) is 11.6. The lowest BCUT2D eigenvalue weighted by atomic mass is 9.83. The molecule has 5 heterocycles. The molecule has 2 bridgehead atoms. The number of quaternary nitrogens is 1. The van der Waals surface area contributed by atoms with Gasteiger partial charge in [-0.3, -0.25) is 10.1 Å². The highest BCUT2D eigenvalue weighted by Gasteiger charge is 2.52. The molecule has 35 heavy (non-hydrogen) atoms. The average molecular weight is 537 g/mol. The number of fused-ring (bicyclic) bond motifs is 5. The Labute approximate surface area is 213 Å². The van der Waals surface area contributed by atoms with Gasteiger partial charge in [0, 0.05) is 36.1 Å². The molecule has 0 aliphatic carbocycles.